The standard InChI is InChI=1S/C10H10ClNOS/c1-2-13-7-3-4-9-8(5-7)12-10(6-11)14-9/h3-5H,2,6H2,1H3. The zero-order valence-corrected chi connectivity index (χ0v) is 9.36. The summed E-state index contributed by atoms with van der Waals surface area (Å²) in [5.41, 5.74) is 0.969. The third-order valence-electron chi connectivity index (χ3n) is 1.83. The average molecular weight is 228 g/mol. The summed E-state index contributed by atoms with van der Waals surface area (Å²) < 4.78 is 6.55. The summed E-state index contributed by atoms with van der Waals surface area (Å²) >= 11 is 7.34. The van der Waals surface area contributed by atoms with Crippen LogP contribution in [0.25, 0.3) is 10.2 Å². The molecule has 0 aliphatic heterocycles. The quantitative estimate of drug-likeness (QED) is 0.750. The lowest BCUT2D eigenvalue weighted by Gasteiger charge is -2.00. The first-order valence-corrected chi connectivity index (χ1v) is 5.77. The van der Waals surface area contributed by atoms with Gasteiger partial charge in [-0.1, -0.05) is 0 Å². The predicted molar refractivity (Wildman–Crippen MR) is 60.3 cm³/mol. The van der Waals surface area contributed by atoms with Crippen molar-refractivity contribution >= 4 is 33.2 Å². The molecule has 4 heteroatoms. The third-order valence-corrected chi connectivity index (χ3v) is 3.28. The number of benzene rings is 1. The van der Waals surface area contributed by atoms with Gasteiger partial charge in [0.1, 0.15) is 10.8 Å². The van der Waals surface area contributed by atoms with Crippen molar-refractivity contribution in [1.82, 2.24) is 4.98 Å². The van der Waals surface area contributed by atoms with E-state index in [9.17, 15) is 0 Å². The van der Waals surface area contributed by atoms with E-state index in [1.807, 2.05) is 25.1 Å². The van der Waals surface area contributed by atoms with Gasteiger partial charge in [-0.2, -0.15) is 0 Å². The highest BCUT2D eigenvalue weighted by molar-refractivity contribution is 7.18. The molecule has 0 unspecified atom stereocenters. The molecular formula is C10H10ClNOS. The molecule has 0 fully saturated rings. The first kappa shape index (κ1) is 9.74. The van der Waals surface area contributed by atoms with Crippen LogP contribution in [-0.4, -0.2) is 11.6 Å². The molecule has 0 amide bonds. The first-order valence-electron chi connectivity index (χ1n) is 4.41. The number of rotatable bonds is 3. The highest BCUT2D eigenvalue weighted by Gasteiger charge is 2.03. The van der Waals surface area contributed by atoms with Crippen LogP contribution in [0.3, 0.4) is 0 Å². The topological polar surface area (TPSA) is 22.1 Å². The van der Waals surface area contributed by atoms with E-state index in [4.69, 9.17) is 16.3 Å². The maximum atomic E-state index is 5.72. The lowest BCUT2D eigenvalue weighted by atomic mass is 10.3. The van der Waals surface area contributed by atoms with Crippen LogP contribution in [0.2, 0.25) is 0 Å². The SMILES string of the molecule is CCOc1ccc2sc(CCl)nc2c1. The molecule has 0 aliphatic rings. The normalized spacial score (nSPS) is 10.7. The lowest BCUT2D eigenvalue weighted by molar-refractivity contribution is 0.340. The Kier molecular flexibility index (Phi) is 2.89. The fourth-order valence-corrected chi connectivity index (χ4v) is 2.29. The van der Waals surface area contributed by atoms with Gasteiger partial charge in [0.25, 0.3) is 0 Å². The number of hydrogen-bond donors (Lipinski definition) is 0. The van der Waals surface area contributed by atoms with Gasteiger partial charge in [0.15, 0.2) is 0 Å². The Balaban J connectivity index is 2.43. The summed E-state index contributed by atoms with van der Waals surface area (Å²) in [6, 6.07) is 5.93. The molecule has 1 aromatic carbocycles. The minimum Gasteiger partial charge on any atom is -0.494 e. The van der Waals surface area contributed by atoms with Gasteiger partial charge in [-0.25, -0.2) is 4.98 Å². The Morgan fingerprint density at radius 2 is 2.36 bits per heavy atom. The maximum Gasteiger partial charge on any atom is 0.121 e. The van der Waals surface area contributed by atoms with Gasteiger partial charge in [0, 0.05) is 6.07 Å². The van der Waals surface area contributed by atoms with E-state index >= 15 is 0 Å². The van der Waals surface area contributed by atoms with Gasteiger partial charge in [-0.05, 0) is 19.1 Å². The number of fused-ring (bicyclic) bond motifs is 1. The predicted octanol–water partition coefficient (Wildman–Crippen LogP) is 3.43. The first-order chi connectivity index (χ1) is 6.83. The van der Waals surface area contributed by atoms with Gasteiger partial charge in [0.05, 0.1) is 22.7 Å². The third kappa shape index (κ3) is 1.83. The monoisotopic (exact) mass is 227 g/mol. The van der Waals surface area contributed by atoms with Crippen LogP contribution in [-0.2, 0) is 5.88 Å². The van der Waals surface area contributed by atoms with Crippen LogP contribution in [0.5, 0.6) is 5.75 Å². The molecular weight excluding hydrogens is 218 g/mol. The number of hydrogen-bond acceptors (Lipinski definition) is 3. The van der Waals surface area contributed by atoms with Gasteiger partial charge in [0.2, 0.25) is 0 Å². The van der Waals surface area contributed by atoms with Crippen molar-refractivity contribution in [3.05, 3.63) is 23.2 Å². The van der Waals surface area contributed by atoms with E-state index in [-0.39, 0.29) is 0 Å². The molecule has 0 N–H and O–H groups in total. The Labute approximate surface area is 91.5 Å². The highest BCUT2D eigenvalue weighted by Crippen LogP contribution is 2.26. The summed E-state index contributed by atoms with van der Waals surface area (Å²) in [6.07, 6.45) is 0. The second kappa shape index (κ2) is 4.15. The molecule has 14 heavy (non-hydrogen) atoms. The molecule has 0 atom stereocenters. The molecule has 0 radical (unpaired) electrons. The summed E-state index contributed by atoms with van der Waals surface area (Å²) in [5, 5.41) is 0.954. The van der Waals surface area contributed by atoms with E-state index in [2.05, 4.69) is 4.98 Å². The molecule has 2 aromatic rings. The average Bonchev–Trinajstić information content (AvgIpc) is 2.60. The molecule has 1 aromatic heterocycles. The molecule has 0 saturated heterocycles. The largest absolute Gasteiger partial charge is 0.494 e. The van der Waals surface area contributed by atoms with Crippen LogP contribution in [0.4, 0.5) is 0 Å². The fraction of sp³-hybridized carbons (Fsp3) is 0.300. The number of ether oxygens (including phenoxy) is 1. The van der Waals surface area contributed by atoms with E-state index < -0.39 is 0 Å². The van der Waals surface area contributed by atoms with Crippen molar-refractivity contribution in [3.8, 4) is 5.75 Å². The number of alkyl halides is 1. The Morgan fingerprint density at radius 1 is 1.50 bits per heavy atom. The Bertz CT molecular complexity index is 441. The number of aromatic nitrogens is 1. The smallest absolute Gasteiger partial charge is 0.121 e. The van der Waals surface area contributed by atoms with Crippen molar-refractivity contribution in [2.45, 2.75) is 12.8 Å². The van der Waals surface area contributed by atoms with E-state index in [1.54, 1.807) is 11.3 Å². The number of thiazole rings is 1. The minimum atomic E-state index is 0.476. The molecule has 0 spiro atoms. The van der Waals surface area contributed by atoms with Crippen LogP contribution < -0.4 is 4.74 Å². The summed E-state index contributed by atoms with van der Waals surface area (Å²) in [4.78, 5) is 4.38. The molecule has 2 nitrogen and oxygen atoms in total. The van der Waals surface area contributed by atoms with Crippen LogP contribution >= 0.6 is 22.9 Å². The van der Waals surface area contributed by atoms with Crippen molar-refractivity contribution in [1.29, 1.82) is 0 Å². The van der Waals surface area contributed by atoms with E-state index in [0.29, 0.717) is 12.5 Å². The molecule has 0 bridgehead atoms. The lowest BCUT2D eigenvalue weighted by Crippen LogP contribution is -1.90. The molecule has 74 valence electrons. The zero-order chi connectivity index (χ0) is 9.97. The maximum absolute atomic E-state index is 5.72. The van der Waals surface area contributed by atoms with Crippen LogP contribution in [0.15, 0.2) is 18.2 Å². The van der Waals surface area contributed by atoms with Crippen LogP contribution in [0, 0.1) is 0 Å². The molecule has 2 rings (SSSR count). The van der Waals surface area contributed by atoms with Crippen molar-refractivity contribution in [3.63, 3.8) is 0 Å². The molecule has 0 saturated carbocycles. The highest BCUT2D eigenvalue weighted by atomic mass is 35.5. The summed E-state index contributed by atoms with van der Waals surface area (Å²) in [5.74, 6) is 1.34. The second-order valence-electron chi connectivity index (χ2n) is 2.80. The zero-order valence-electron chi connectivity index (χ0n) is 7.79. The van der Waals surface area contributed by atoms with Crippen molar-refractivity contribution < 1.29 is 4.74 Å². The summed E-state index contributed by atoms with van der Waals surface area (Å²) in [6.45, 7) is 2.65. The molecule has 0 aliphatic carbocycles. The fourth-order valence-electron chi connectivity index (χ4n) is 1.27. The summed E-state index contributed by atoms with van der Waals surface area (Å²) in [7, 11) is 0. The minimum absolute atomic E-state index is 0.476. The van der Waals surface area contributed by atoms with E-state index in [0.717, 1.165) is 21.0 Å². The van der Waals surface area contributed by atoms with Gasteiger partial charge >= 0.3 is 0 Å². The van der Waals surface area contributed by atoms with Crippen LogP contribution in [0.1, 0.15) is 11.9 Å². The van der Waals surface area contributed by atoms with Gasteiger partial charge < -0.3 is 4.74 Å². The molecule has 1 heterocycles. The van der Waals surface area contributed by atoms with Crippen molar-refractivity contribution in [2.24, 2.45) is 0 Å². The number of nitrogens with zero attached hydrogens (tertiary/aromatic N) is 1. The van der Waals surface area contributed by atoms with Gasteiger partial charge in [-0.3, -0.25) is 0 Å². The Hall–Kier alpha value is -0.800. The van der Waals surface area contributed by atoms with Crippen molar-refractivity contribution in [2.75, 3.05) is 6.61 Å². The number of halogens is 1. The Morgan fingerprint density at radius 3 is 3.07 bits per heavy atom. The van der Waals surface area contributed by atoms with Gasteiger partial charge in [-0.15, -0.1) is 22.9 Å². The second-order valence-corrected chi connectivity index (χ2v) is 4.19. The van der Waals surface area contributed by atoms with E-state index in [1.165, 1.54) is 0 Å².